The van der Waals surface area contributed by atoms with Gasteiger partial charge in [0.25, 0.3) is 0 Å². The SMILES string of the molecule is CN(C)CC(=O)c1ccc2sc3ccccc3c2c1. The lowest BCUT2D eigenvalue weighted by molar-refractivity contribution is 0.0958. The highest BCUT2D eigenvalue weighted by Gasteiger charge is 2.10. The molecule has 0 aliphatic heterocycles. The van der Waals surface area contributed by atoms with Crippen LogP contribution in [0.4, 0.5) is 0 Å². The zero-order valence-corrected chi connectivity index (χ0v) is 11.8. The summed E-state index contributed by atoms with van der Waals surface area (Å²) in [5.41, 5.74) is 0.796. The Kier molecular flexibility index (Phi) is 3.09. The van der Waals surface area contributed by atoms with Gasteiger partial charge in [-0.1, -0.05) is 18.2 Å². The molecule has 0 amide bonds. The molecule has 2 nitrogen and oxygen atoms in total. The maximum atomic E-state index is 12.1. The predicted octanol–water partition coefficient (Wildman–Crippen LogP) is 3.80. The zero-order chi connectivity index (χ0) is 13.4. The van der Waals surface area contributed by atoms with Gasteiger partial charge < -0.3 is 4.90 Å². The summed E-state index contributed by atoms with van der Waals surface area (Å²) in [5.74, 6) is 0.169. The summed E-state index contributed by atoms with van der Waals surface area (Å²) < 4.78 is 2.51. The van der Waals surface area contributed by atoms with Gasteiger partial charge in [0.15, 0.2) is 5.78 Å². The lowest BCUT2D eigenvalue weighted by Gasteiger charge is -2.08. The molecular formula is C16H15NOS. The van der Waals surface area contributed by atoms with Gasteiger partial charge in [-0.25, -0.2) is 0 Å². The Hall–Kier alpha value is -1.71. The monoisotopic (exact) mass is 269 g/mol. The second-order valence-electron chi connectivity index (χ2n) is 4.97. The third-order valence-corrected chi connectivity index (χ3v) is 4.31. The van der Waals surface area contributed by atoms with Crippen LogP contribution < -0.4 is 0 Å². The third-order valence-electron chi connectivity index (χ3n) is 3.16. The van der Waals surface area contributed by atoms with Crippen LogP contribution in [0.2, 0.25) is 0 Å². The van der Waals surface area contributed by atoms with Gasteiger partial charge in [-0.05, 0) is 38.4 Å². The lowest BCUT2D eigenvalue weighted by atomic mass is 10.1. The molecule has 0 N–H and O–H groups in total. The molecule has 3 aromatic rings. The molecule has 1 heterocycles. The topological polar surface area (TPSA) is 20.3 Å². The van der Waals surface area contributed by atoms with Crippen molar-refractivity contribution in [2.24, 2.45) is 0 Å². The number of nitrogens with zero attached hydrogens (tertiary/aromatic N) is 1. The maximum Gasteiger partial charge on any atom is 0.176 e. The number of rotatable bonds is 3. The van der Waals surface area contributed by atoms with Crippen molar-refractivity contribution in [3.8, 4) is 0 Å². The molecule has 2 aromatic carbocycles. The first-order chi connectivity index (χ1) is 9.15. The lowest BCUT2D eigenvalue weighted by Crippen LogP contribution is -2.21. The molecule has 0 spiro atoms. The molecule has 0 saturated heterocycles. The van der Waals surface area contributed by atoms with Crippen LogP contribution in [-0.2, 0) is 0 Å². The van der Waals surface area contributed by atoms with Gasteiger partial charge in [-0.3, -0.25) is 4.79 Å². The molecule has 1 aromatic heterocycles. The Morgan fingerprint density at radius 3 is 2.58 bits per heavy atom. The first-order valence-corrected chi connectivity index (χ1v) is 7.06. The quantitative estimate of drug-likeness (QED) is 0.674. The van der Waals surface area contributed by atoms with E-state index in [0.29, 0.717) is 6.54 Å². The summed E-state index contributed by atoms with van der Waals surface area (Å²) in [6.07, 6.45) is 0. The van der Waals surface area contributed by atoms with E-state index in [2.05, 4.69) is 24.3 Å². The number of carbonyl (C=O) groups excluding carboxylic acids is 1. The van der Waals surface area contributed by atoms with E-state index in [1.807, 2.05) is 37.2 Å². The van der Waals surface area contributed by atoms with Crippen LogP contribution in [-0.4, -0.2) is 31.3 Å². The Morgan fingerprint density at radius 2 is 1.79 bits per heavy atom. The highest BCUT2D eigenvalue weighted by atomic mass is 32.1. The van der Waals surface area contributed by atoms with E-state index in [0.717, 1.165) is 5.56 Å². The van der Waals surface area contributed by atoms with Crippen LogP contribution in [0.3, 0.4) is 0 Å². The molecule has 0 unspecified atom stereocenters. The number of hydrogen-bond acceptors (Lipinski definition) is 3. The average Bonchev–Trinajstić information content (AvgIpc) is 2.75. The van der Waals surface area contributed by atoms with Gasteiger partial charge >= 0.3 is 0 Å². The van der Waals surface area contributed by atoms with E-state index in [1.165, 1.54) is 20.2 Å². The van der Waals surface area contributed by atoms with Gasteiger partial charge in [-0.15, -0.1) is 11.3 Å². The molecule has 0 fully saturated rings. The Morgan fingerprint density at radius 1 is 1.05 bits per heavy atom. The number of carbonyl (C=O) groups is 1. The van der Waals surface area contributed by atoms with Crippen molar-refractivity contribution in [2.75, 3.05) is 20.6 Å². The number of fused-ring (bicyclic) bond motifs is 3. The van der Waals surface area contributed by atoms with E-state index in [-0.39, 0.29) is 5.78 Å². The molecule has 3 heteroatoms. The molecule has 3 rings (SSSR count). The van der Waals surface area contributed by atoms with Gasteiger partial charge in [0.1, 0.15) is 0 Å². The van der Waals surface area contributed by atoms with Crippen molar-refractivity contribution in [3.05, 3.63) is 48.0 Å². The van der Waals surface area contributed by atoms with E-state index in [9.17, 15) is 4.79 Å². The molecule has 0 radical (unpaired) electrons. The molecule has 0 atom stereocenters. The van der Waals surface area contributed by atoms with Crippen LogP contribution in [0.1, 0.15) is 10.4 Å². The van der Waals surface area contributed by atoms with Gasteiger partial charge in [0, 0.05) is 25.7 Å². The highest BCUT2D eigenvalue weighted by Crippen LogP contribution is 2.34. The maximum absolute atomic E-state index is 12.1. The second-order valence-corrected chi connectivity index (χ2v) is 6.05. The smallest absolute Gasteiger partial charge is 0.176 e. The average molecular weight is 269 g/mol. The van der Waals surface area contributed by atoms with Crippen molar-refractivity contribution in [3.63, 3.8) is 0 Å². The first kappa shape index (κ1) is 12.3. The second kappa shape index (κ2) is 4.76. The molecule has 0 aliphatic carbocycles. The predicted molar refractivity (Wildman–Crippen MR) is 82.2 cm³/mol. The van der Waals surface area contributed by atoms with Crippen molar-refractivity contribution in [1.82, 2.24) is 4.90 Å². The van der Waals surface area contributed by atoms with Gasteiger partial charge in [-0.2, -0.15) is 0 Å². The molecule has 0 aliphatic rings. The number of Topliss-reactive ketones (excluding diaryl/α,β-unsaturated/α-hetero) is 1. The Labute approximate surface area is 116 Å². The van der Waals surface area contributed by atoms with E-state index in [4.69, 9.17) is 0 Å². The van der Waals surface area contributed by atoms with Crippen molar-refractivity contribution in [1.29, 1.82) is 0 Å². The van der Waals surface area contributed by atoms with Gasteiger partial charge in [0.05, 0.1) is 6.54 Å². The Bertz CT molecular complexity index is 758. The third kappa shape index (κ3) is 2.27. The standard InChI is InChI=1S/C16H15NOS/c1-17(2)10-14(18)11-7-8-16-13(9-11)12-5-3-4-6-15(12)19-16/h3-9H,10H2,1-2H3. The molecular weight excluding hydrogens is 254 g/mol. The van der Waals surface area contributed by atoms with E-state index in [1.54, 1.807) is 11.3 Å². The summed E-state index contributed by atoms with van der Waals surface area (Å²) in [5, 5.41) is 2.42. The summed E-state index contributed by atoms with van der Waals surface area (Å²) in [6.45, 7) is 0.452. The highest BCUT2D eigenvalue weighted by molar-refractivity contribution is 7.25. The van der Waals surface area contributed by atoms with Crippen LogP contribution >= 0.6 is 11.3 Å². The van der Waals surface area contributed by atoms with Crippen molar-refractivity contribution >= 4 is 37.3 Å². The number of hydrogen-bond donors (Lipinski definition) is 0. The van der Waals surface area contributed by atoms with Crippen molar-refractivity contribution < 1.29 is 4.79 Å². The van der Waals surface area contributed by atoms with Crippen LogP contribution in [0.25, 0.3) is 20.2 Å². The minimum atomic E-state index is 0.169. The van der Waals surface area contributed by atoms with Crippen LogP contribution in [0.15, 0.2) is 42.5 Å². The molecule has 19 heavy (non-hydrogen) atoms. The summed E-state index contributed by atoms with van der Waals surface area (Å²) in [4.78, 5) is 14.0. The number of ketones is 1. The molecule has 0 saturated carbocycles. The fraction of sp³-hybridized carbons (Fsp3) is 0.188. The summed E-state index contributed by atoms with van der Waals surface area (Å²) in [6, 6.07) is 14.4. The summed E-state index contributed by atoms with van der Waals surface area (Å²) >= 11 is 1.77. The molecule has 96 valence electrons. The van der Waals surface area contributed by atoms with Crippen molar-refractivity contribution in [2.45, 2.75) is 0 Å². The Balaban J connectivity index is 2.14. The van der Waals surface area contributed by atoms with Crippen LogP contribution in [0.5, 0.6) is 0 Å². The molecule has 0 bridgehead atoms. The minimum absolute atomic E-state index is 0.169. The summed E-state index contributed by atoms with van der Waals surface area (Å²) in [7, 11) is 3.83. The van der Waals surface area contributed by atoms with E-state index >= 15 is 0 Å². The van der Waals surface area contributed by atoms with E-state index < -0.39 is 0 Å². The largest absolute Gasteiger partial charge is 0.302 e. The van der Waals surface area contributed by atoms with Gasteiger partial charge in [0.2, 0.25) is 0 Å². The number of thiophene rings is 1. The van der Waals surface area contributed by atoms with Crippen LogP contribution in [0, 0.1) is 0 Å². The fourth-order valence-corrected chi connectivity index (χ4v) is 3.36. The zero-order valence-electron chi connectivity index (χ0n) is 11.0. The fourth-order valence-electron chi connectivity index (χ4n) is 2.28. The number of likely N-dealkylation sites (N-methyl/N-ethyl adjacent to an activating group) is 1. The minimum Gasteiger partial charge on any atom is -0.302 e. The number of benzene rings is 2. The first-order valence-electron chi connectivity index (χ1n) is 6.24. The normalized spacial score (nSPS) is 11.5.